The predicted molar refractivity (Wildman–Crippen MR) is 68.9 cm³/mol. The summed E-state index contributed by atoms with van der Waals surface area (Å²) < 4.78 is 0. The van der Waals surface area contributed by atoms with Crippen molar-refractivity contribution < 1.29 is 4.79 Å². The second kappa shape index (κ2) is 5.32. The van der Waals surface area contributed by atoms with E-state index in [1.165, 1.54) is 36.0 Å². The molecule has 0 aromatic heterocycles. The minimum atomic E-state index is 0.117. The first kappa shape index (κ1) is 12.1. The molecule has 17 heavy (non-hydrogen) atoms. The number of carbonyl (C=O) groups excluding carboxylic acids is 1. The standard InChI is InChI=1S/C14H20N2O/c1-16(2)14(17)10-15-9-11-6-7-12-4-3-5-13(12)8-11/h6-8,15H,3-5,9-10H2,1-2H3. The Morgan fingerprint density at radius 1 is 1.29 bits per heavy atom. The molecule has 0 unspecified atom stereocenters. The molecule has 3 nitrogen and oxygen atoms in total. The van der Waals surface area contributed by atoms with Gasteiger partial charge in [0, 0.05) is 20.6 Å². The van der Waals surface area contributed by atoms with Crippen molar-refractivity contribution in [3.05, 3.63) is 34.9 Å². The zero-order valence-electron chi connectivity index (χ0n) is 10.6. The molecule has 0 radical (unpaired) electrons. The van der Waals surface area contributed by atoms with Gasteiger partial charge in [-0.3, -0.25) is 4.79 Å². The summed E-state index contributed by atoms with van der Waals surface area (Å²) in [7, 11) is 3.55. The van der Waals surface area contributed by atoms with Gasteiger partial charge in [0.1, 0.15) is 0 Å². The normalized spacial score (nSPS) is 13.5. The highest BCUT2D eigenvalue weighted by Crippen LogP contribution is 2.22. The van der Waals surface area contributed by atoms with Crippen molar-refractivity contribution >= 4 is 5.91 Å². The van der Waals surface area contributed by atoms with Crippen LogP contribution in [0.15, 0.2) is 18.2 Å². The molecule has 1 amide bonds. The number of rotatable bonds is 4. The van der Waals surface area contributed by atoms with E-state index >= 15 is 0 Å². The van der Waals surface area contributed by atoms with Crippen LogP contribution in [0, 0.1) is 0 Å². The highest BCUT2D eigenvalue weighted by molar-refractivity contribution is 5.77. The summed E-state index contributed by atoms with van der Waals surface area (Å²) in [4.78, 5) is 13.0. The van der Waals surface area contributed by atoms with Crippen molar-refractivity contribution in [1.29, 1.82) is 0 Å². The van der Waals surface area contributed by atoms with Crippen LogP contribution in [0.4, 0.5) is 0 Å². The summed E-state index contributed by atoms with van der Waals surface area (Å²) in [5.74, 6) is 0.117. The highest BCUT2D eigenvalue weighted by atomic mass is 16.2. The first-order valence-corrected chi connectivity index (χ1v) is 6.18. The van der Waals surface area contributed by atoms with Gasteiger partial charge in [0.25, 0.3) is 0 Å². The Hall–Kier alpha value is -1.35. The Morgan fingerprint density at radius 2 is 2.06 bits per heavy atom. The van der Waals surface area contributed by atoms with Crippen molar-refractivity contribution in [2.45, 2.75) is 25.8 Å². The Bertz CT molecular complexity index is 413. The van der Waals surface area contributed by atoms with E-state index in [0.717, 1.165) is 6.54 Å². The Labute approximate surface area is 103 Å². The van der Waals surface area contributed by atoms with Crippen molar-refractivity contribution in [3.8, 4) is 0 Å². The number of likely N-dealkylation sites (N-methyl/N-ethyl adjacent to an activating group) is 1. The van der Waals surface area contributed by atoms with Crippen molar-refractivity contribution in [3.63, 3.8) is 0 Å². The van der Waals surface area contributed by atoms with Gasteiger partial charge in [-0.1, -0.05) is 18.2 Å². The van der Waals surface area contributed by atoms with Crippen LogP contribution >= 0.6 is 0 Å². The molecule has 1 aromatic carbocycles. The molecule has 0 aliphatic heterocycles. The molecule has 0 saturated carbocycles. The van der Waals surface area contributed by atoms with Crippen molar-refractivity contribution in [2.24, 2.45) is 0 Å². The zero-order valence-corrected chi connectivity index (χ0v) is 10.6. The number of nitrogens with zero attached hydrogens (tertiary/aromatic N) is 1. The number of amides is 1. The molecule has 0 fully saturated rings. The van der Waals surface area contributed by atoms with Gasteiger partial charge in [0.05, 0.1) is 6.54 Å². The third kappa shape index (κ3) is 3.07. The summed E-state index contributed by atoms with van der Waals surface area (Å²) in [5, 5.41) is 3.18. The van der Waals surface area contributed by atoms with Gasteiger partial charge in [-0.05, 0) is 36.0 Å². The predicted octanol–water partition coefficient (Wildman–Crippen LogP) is 1.35. The van der Waals surface area contributed by atoms with Crippen LogP contribution in [-0.4, -0.2) is 31.4 Å². The maximum absolute atomic E-state index is 11.4. The van der Waals surface area contributed by atoms with Crippen LogP contribution < -0.4 is 5.32 Å². The zero-order chi connectivity index (χ0) is 12.3. The minimum absolute atomic E-state index is 0.117. The lowest BCUT2D eigenvalue weighted by Gasteiger charge is -2.11. The molecular formula is C14H20N2O. The second-order valence-electron chi connectivity index (χ2n) is 4.85. The van der Waals surface area contributed by atoms with E-state index in [4.69, 9.17) is 0 Å². The van der Waals surface area contributed by atoms with Gasteiger partial charge in [0.15, 0.2) is 0 Å². The molecule has 0 saturated heterocycles. The molecule has 2 rings (SSSR count). The van der Waals surface area contributed by atoms with Gasteiger partial charge in [-0.25, -0.2) is 0 Å². The first-order chi connectivity index (χ1) is 8.16. The third-order valence-corrected chi connectivity index (χ3v) is 3.27. The maximum atomic E-state index is 11.4. The van der Waals surface area contributed by atoms with E-state index in [1.807, 2.05) is 0 Å². The summed E-state index contributed by atoms with van der Waals surface area (Å²) in [6.45, 7) is 1.18. The molecule has 1 aliphatic carbocycles. The smallest absolute Gasteiger partial charge is 0.236 e. The number of carbonyl (C=O) groups is 1. The number of aryl methyl sites for hydroxylation is 2. The lowest BCUT2D eigenvalue weighted by Crippen LogP contribution is -2.32. The topological polar surface area (TPSA) is 32.3 Å². The molecule has 1 N–H and O–H groups in total. The number of fused-ring (bicyclic) bond motifs is 1. The van der Waals surface area contributed by atoms with Crippen LogP contribution in [0.3, 0.4) is 0 Å². The maximum Gasteiger partial charge on any atom is 0.236 e. The van der Waals surface area contributed by atoms with Crippen LogP contribution in [0.2, 0.25) is 0 Å². The first-order valence-electron chi connectivity index (χ1n) is 6.18. The second-order valence-corrected chi connectivity index (χ2v) is 4.85. The highest BCUT2D eigenvalue weighted by Gasteiger charge is 2.10. The molecule has 0 bridgehead atoms. The monoisotopic (exact) mass is 232 g/mol. The summed E-state index contributed by atoms with van der Waals surface area (Å²) in [5.41, 5.74) is 4.26. The Morgan fingerprint density at radius 3 is 2.82 bits per heavy atom. The van der Waals surface area contributed by atoms with Crippen molar-refractivity contribution in [1.82, 2.24) is 10.2 Å². The molecule has 0 spiro atoms. The van der Waals surface area contributed by atoms with Gasteiger partial charge in [-0.2, -0.15) is 0 Å². The fourth-order valence-electron chi connectivity index (χ4n) is 2.21. The molecule has 1 aromatic rings. The fraction of sp³-hybridized carbons (Fsp3) is 0.500. The lowest BCUT2D eigenvalue weighted by molar-refractivity contribution is -0.127. The summed E-state index contributed by atoms with van der Waals surface area (Å²) >= 11 is 0. The van der Waals surface area contributed by atoms with Crippen LogP contribution in [0.25, 0.3) is 0 Å². The quantitative estimate of drug-likeness (QED) is 0.850. The largest absolute Gasteiger partial charge is 0.348 e. The average molecular weight is 232 g/mol. The molecule has 0 atom stereocenters. The third-order valence-electron chi connectivity index (χ3n) is 3.27. The number of hydrogen-bond acceptors (Lipinski definition) is 2. The lowest BCUT2D eigenvalue weighted by atomic mass is 10.1. The Balaban J connectivity index is 1.85. The van der Waals surface area contributed by atoms with Gasteiger partial charge >= 0.3 is 0 Å². The minimum Gasteiger partial charge on any atom is -0.348 e. The van der Waals surface area contributed by atoms with E-state index in [-0.39, 0.29) is 5.91 Å². The van der Waals surface area contributed by atoms with E-state index in [0.29, 0.717) is 6.54 Å². The molecule has 0 heterocycles. The molecular weight excluding hydrogens is 212 g/mol. The SMILES string of the molecule is CN(C)C(=O)CNCc1ccc2c(c1)CCC2. The summed E-state index contributed by atoms with van der Waals surface area (Å²) in [6, 6.07) is 6.67. The van der Waals surface area contributed by atoms with Crippen LogP contribution in [0.1, 0.15) is 23.1 Å². The average Bonchev–Trinajstić information content (AvgIpc) is 2.75. The summed E-state index contributed by atoms with van der Waals surface area (Å²) in [6.07, 6.45) is 3.72. The van der Waals surface area contributed by atoms with E-state index in [9.17, 15) is 4.79 Å². The van der Waals surface area contributed by atoms with E-state index < -0.39 is 0 Å². The van der Waals surface area contributed by atoms with Gasteiger partial charge in [-0.15, -0.1) is 0 Å². The molecule has 1 aliphatic rings. The fourth-order valence-corrected chi connectivity index (χ4v) is 2.21. The number of nitrogens with one attached hydrogen (secondary N) is 1. The number of benzene rings is 1. The molecule has 3 heteroatoms. The van der Waals surface area contributed by atoms with Gasteiger partial charge < -0.3 is 10.2 Å². The Kier molecular flexibility index (Phi) is 3.79. The number of hydrogen-bond donors (Lipinski definition) is 1. The van der Waals surface area contributed by atoms with Crippen molar-refractivity contribution in [2.75, 3.05) is 20.6 Å². The van der Waals surface area contributed by atoms with E-state index in [1.54, 1.807) is 19.0 Å². The van der Waals surface area contributed by atoms with Crippen LogP contribution in [-0.2, 0) is 24.2 Å². The van der Waals surface area contributed by atoms with Gasteiger partial charge in [0.2, 0.25) is 5.91 Å². The van der Waals surface area contributed by atoms with E-state index in [2.05, 4.69) is 23.5 Å². The van der Waals surface area contributed by atoms with Crippen LogP contribution in [0.5, 0.6) is 0 Å². The molecule has 92 valence electrons.